The average molecular weight is 436 g/mol. The van der Waals surface area contributed by atoms with Crippen molar-refractivity contribution in [3.63, 3.8) is 0 Å². The molecule has 1 aliphatic carbocycles. The molecule has 166 valence electrons. The first-order valence-electron chi connectivity index (χ1n) is 11.0. The molecule has 0 bridgehead atoms. The van der Waals surface area contributed by atoms with Gasteiger partial charge in [-0.1, -0.05) is 37.1 Å². The lowest BCUT2D eigenvalue weighted by molar-refractivity contribution is -0.133. The van der Waals surface area contributed by atoms with Crippen LogP contribution in [-0.4, -0.2) is 34.9 Å². The minimum Gasteiger partial charge on any atom is -0.486 e. The second-order valence-electron chi connectivity index (χ2n) is 8.80. The minimum absolute atomic E-state index is 0.0386. The zero-order chi connectivity index (χ0) is 22.3. The third kappa shape index (κ3) is 3.51. The number of carbonyl (C=O) groups is 2. The van der Waals surface area contributed by atoms with E-state index in [1.54, 1.807) is 25.1 Å². The Balaban J connectivity index is 1.56. The number of para-hydroxylation sites is 1. The molecular weight excluding hydrogens is 411 g/mol. The maximum Gasteiger partial charge on any atom is 0.294 e. The molecule has 2 amide bonds. The zero-order valence-electron chi connectivity index (χ0n) is 17.9. The van der Waals surface area contributed by atoms with Crippen molar-refractivity contribution in [1.82, 2.24) is 10.2 Å². The number of nitrogens with zero attached hydrogens (tertiary/aromatic N) is 1. The number of hydrogen-bond donors (Lipinski definition) is 1. The fraction of sp³-hybridized carbons (Fsp3) is 0.360. The number of benzene rings is 2. The fourth-order valence-electron chi connectivity index (χ4n) is 4.61. The Labute approximate surface area is 185 Å². The monoisotopic (exact) mass is 436 g/mol. The van der Waals surface area contributed by atoms with E-state index in [0.29, 0.717) is 22.3 Å². The molecule has 2 aliphatic rings. The van der Waals surface area contributed by atoms with Crippen molar-refractivity contribution in [2.24, 2.45) is 0 Å². The second kappa shape index (κ2) is 7.97. The van der Waals surface area contributed by atoms with Crippen molar-refractivity contribution in [3.05, 3.63) is 65.7 Å². The summed E-state index contributed by atoms with van der Waals surface area (Å²) in [6, 6.07) is 13.4. The topological polar surface area (TPSA) is 71.8 Å². The summed E-state index contributed by atoms with van der Waals surface area (Å²) in [5.41, 5.74) is -0.178. The maximum atomic E-state index is 13.9. The fourth-order valence-corrected chi connectivity index (χ4v) is 4.61. The van der Waals surface area contributed by atoms with Gasteiger partial charge in [0, 0.05) is 12.6 Å². The molecule has 1 N–H and O–H groups in total. The molecule has 1 fully saturated rings. The summed E-state index contributed by atoms with van der Waals surface area (Å²) in [5.74, 6) is -0.736. The van der Waals surface area contributed by atoms with E-state index >= 15 is 0 Å². The number of rotatable bonds is 4. The number of amides is 2. The molecule has 5 rings (SSSR count). The van der Waals surface area contributed by atoms with Crippen LogP contribution in [0.25, 0.3) is 11.0 Å². The van der Waals surface area contributed by atoms with Gasteiger partial charge in [0.05, 0.1) is 5.39 Å². The lowest BCUT2D eigenvalue weighted by Crippen LogP contribution is -2.62. The first kappa shape index (κ1) is 20.5. The summed E-state index contributed by atoms with van der Waals surface area (Å²) in [6.07, 6.45) is 3.99. The smallest absolute Gasteiger partial charge is 0.294 e. The molecule has 2 aromatic carbocycles. The van der Waals surface area contributed by atoms with Gasteiger partial charge < -0.3 is 19.4 Å². The van der Waals surface area contributed by atoms with Crippen LogP contribution in [0.2, 0.25) is 0 Å². The van der Waals surface area contributed by atoms with Gasteiger partial charge >= 0.3 is 0 Å². The molecule has 6 nitrogen and oxygen atoms in total. The summed E-state index contributed by atoms with van der Waals surface area (Å²) >= 11 is 0. The molecule has 1 saturated carbocycles. The predicted octanol–water partition coefficient (Wildman–Crippen LogP) is 4.42. The van der Waals surface area contributed by atoms with E-state index in [2.05, 4.69) is 5.32 Å². The lowest BCUT2D eigenvalue weighted by Gasteiger charge is -2.38. The standard InChI is InChI=1S/C25H25FN2O4/c1-25(24(30)27-18-9-2-3-10-18)15-31-21-19-11-4-5-12-20(19)32-22(21)23(29)28(25)14-16-7-6-8-17(26)13-16/h4-8,11-13,18H,2-3,9-10,14-15H2,1H3,(H,27,30)/t25-/m1/s1. The third-order valence-corrected chi connectivity index (χ3v) is 6.49. The van der Waals surface area contributed by atoms with Gasteiger partial charge in [-0.2, -0.15) is 0 Å². The maximum absolute atomic E-state index is 13.9. The lowest BCUT2D eigenvalue weighted by atomic mass is 9.97. The number of hydrogen-bond acceptors (Lipinski definition) is 4. The van der Waals surface area contributed by atoms with Gasteiger partial charge in [0.2, 0.25) is 11.7 Å². The van der Waals surface area contributed by atoms with E-state index < -0.39 is 17.3 Å². The van der Waals surface area contributed by atoms with E-state index in [9.17, 15) is 14.0 Å². The molecule has 0 unspecified atom stereocenters. The Morgan fingerprint density at radius 3 is 2.75 bits per heavy atom. The van der Waals surface area contributed by atoms with Crippen molar-refractivity contribution in [2.75, 3.05) is 6.61 Å². The third-order valence-electron chi connectivity index (χ3n) is 6.49. The molecule has 0 saturated heterocycles. The highest BCUT2D eigenvalue weighted by Gasteiger charge is 2.48. The van der Waals surface area contributed by atoms with E-state index in [1.165, 1.54) is 17.0 Å². The van der Waals surface area contributed by atoms with Crippen LogP contribution in [0.4, 0.5) is 4.39 Å². The van der Waals surface area contributed by atoms with Crippen LogP contribution < -0.4 is 10.1 Å². The van der Waals surface area contributed by atoms with E-state index in [4.69, 9.17) is 9.15 Å². The Hall–Kier alpha value is -3.35. The summed E-state index contributed by atoms with van der Waals surface area (Å²) < 4.78 is 25.8. The summed E-state index contributed by atoms with van der Waals surface area (Å²) in [4.78, 5) is 28.7. The summed E-state index contributed by atoms with van der Waals surface area (Å²) in [6.45, 7) is 1.71. The molecule has 32 heavy (non-hydrogen) atoms. The first-order valence-corrected chi connectivity index (χ1v) is 11.0. The predicted molar refractivity (Wildman–Crippen MR) is 117 cm³/mol. The number of halogens is 1. The van der Waals surface area contributed by atoms with Gasteiger partial charge in [0.25, 0.3) is 5.91 Å². The quantitative estimate of drug-likeness (QED) is 0.657. The van der Waals surface area contributed by atoms with Crippen LogP contribution >= 0.6 is 0 Å². The van der Waals surface area contributed by atoms with E-state index in [0.717, 1.165) is 25.7 Å². The average Bonchev–Trinajstić information content (AvgIpc) is 3.41. The van der Waals surface area contributed by atoms with Gasteiger partial charge in [-0.3, -0.25) is 9.59 Å². The van der Waals surface area contributed by atoms with Crippen LogP contribution in [0.3, 0.4) is 0 Å². The Morgan fingerprint density at radius 1 is 1.19 bits per heavy atom. The number of carbonyl (C=O) groups excluding carboxylic acids is 2. The second-order valence-corrected chi connectivity index (χ2v) is 8.80. The molecule has 7 heteroatoms. The highest BCUT2D eigenvalue weighted by Crippen LogP contribution is 2.39. The van der Waals surface area contributed by atoms with Gasteiger partial charge in [0.15, 0.2) is 11.3 Å². The molecule has 3 aromatic rings. The van der Waals surface area contributed by atoms with Crippen molar-refractivity contribution in [2.45, 2.75) is 50.7 Å². The van der Waals surface area contributed by atoms with Crippen molar-refractivity contribution >= 4 is 22.8 Å². The molecule has 0 radical (unpaired) electrons. The Morgan fingerprint density at radius 2 is 1.97 bits per heavy atom. The molecule has 0 spiro atoms. The highest BCUT2D eigenvalue weighted by atomic mass is 19.1. The van der Waals surface area contributed by atoms with Crippen LogP contribution in [0.15, 0.2) is 52.9 Å². The van der Waals surface area contributed by atoms with Crippen molar-refractivity contribution in [1.29, 1.82) is 0 Å². The van der Waals surface area contributed by atoms with Crippen LogP contribution in [0.5, 0.6) is 5.75 Å². The van der Waals surface area contributed by atoms with Gasteiger partial charge in [-0.05, 0) is 49.6 Å². The normalized spacial score (nSPS) is 21.3. The van der Waals surface area contributed by atoms with Crippen molar-refractivity contribution in [3.8, 4) is 5.75 Å². The SMILES string of the molecule is C[C@]1(C(=O)NC2CCCC2)COc2c(oc3ccccc23)C(=O)N1Cc1cccc(F)c1. The van der Waals surface area contributed by atoms with Gasteiger partial charge in [-0.25, -0.2) is 4.39 Å². The molecule has 2 heterocycles. The van der Waals surface area contributed by atoms with Crippen LogP contribution in [0, 0.1) is 5.82 Å². The Bertz CT molecular complexity index is 1180. The first-order chi connectivity index (χ1) is 15.5. The number of fused-ring (bicyclic) bond motifs is 3. The minimum atomic E-state index is -1.30. The summed E-state index contributed by atoms with van der Waals surface area (Å²) in [7, 11) is 0. The number of ether oxygens (including phenoxy) is 1. The van der Waals surface area contributed by atoms with Gasteiger partial charge in [-0.15, -0.1) is 0 Å². The highest BCUT2D eigenvalue weighted by molar-refractivity contribution is 6.04. The number of furan rings is 1. The molecule has 1 aromatic heterocycles. The molecule has 1 atom stereocenters. The van der Waals surface area contributed by atoms with E-state index in [-0.39, 0.29) is 30.9 Å². The zero-order valence-corrected chi connectivity index (χ0v) is 17.9. The van der Waals surface area contributed by atoms with Crippen LogP contribution in [-0.2, 0) is 11.3 Å². The number of nitrogens with one attached hydrogen (secondary N) is 1. The largest absolute Gasteiger partial charge is 0.486 e. The van der Waals surface area contributed by atoms with E-state index in [1.807, 2.05) is 18.2 Å². The summed E-state index contributed by atoms with van der Waals surface area (Å²) in [5, 5.41) is 3.79. The van der Waals surface area contributed by atoms with Crippen LogP contribution in [0.1, 0.15) is 48.7 Å². The molecule has 1 aliphatic heterocycles. The van der Waals surface area contributed by atoms with Crippen molar-refractivity contribution < 1.29 is 23.1 Å². The Kier molecular flexibility index (Phi) is 5.12. The molecular formula is C25H25FN2O4. The van der Waals surface area contributed by atoms with Gasteiger partial charge in [0.1, 0.15) is 18.0 Å².